The molecule has 0 unspecified atom stereocenters. The Morgan fingerprint density at radius 3 is 2.90 bits per heavy atom. The van der Waals surface area contributed by atoms with E-state index in [4.69, 9.17) is 9.47 Å². The van der Waals surface area contributed by atoms with Crippen LogP contribution >= 0.6 is 11.3 Å². The molecule has 1 aliphatic rings. The number of H-pyrrole nitrogens is 1. The highest BCUT2D eigenvalue weighted by atomic mass is 32.1. The summed E-state index contributed by atoms with van der Waals surface area (Å²) in [6.45, 7) is 2.69. The quantitative estimate of drug-likeness (QED) is 0.466. The number of aromatic amines is 1. The van der Waals surface area contributed by atoms with Gasteiger partial charge >= 0.3 is 6.09 Å². The monoisotopic (exact) mass is 436 g/mol. The van der Waals surface area contributed by atoms with E-state index >= 15 is 0 Å². The Kier molecular flexibility index (Phi) is 5.48. The van der Waals surface area contributed by atoms with Crippen molar-refractivity contribution >= 4 is 38.5 Å². The number of alkyl carbamates (subject to hydrolysis) is 1. The average Bonchev–Trinajstić information content (AvgIpc) is 3.38. The van der Waals surface area contributed by atoms with E-state index in [0.29, 0.717) is 5.19 Å². The second-order valence-corrected chi connectivity index (χ2v) is 8.69. The molecule has 1 amide bonds. The number of hydrogen-bond donors (Lipinski definition) is 2. The number of rotatable bonds is 5. The molecular formula is C23H24N4O3S. The molecule has 0 radical (unpaired) electrons. The van der Waals surface area contributed by atoms with Crippen molar-refractivity contribution in [3.8, 4) is 10.9 Å². The number of nitrogens with one attached hydrogen (secondary N) is 2. The normalized spacial score (nSPS) is 15.4. The Hall–Kier alpha value is -3.10. The molecular weight excluding hydrogens is 412 g/mol. The van der Waals surface area contributed by atoms with Crippen molar-refractivity contribution in [2.75, 3.05) is 20.1 Å². The minimum atomic E-state index is -0.348. The highest BCUT2D eigenvalue weighted by Gasteiger charge is 2.22. The SMILES string of the molecule is CNC(=O)OC1CCN(Cc2c[nH]c3cc(Oc4nc5ccccc5s4)ccc23)CC1. The average molecular weight is 437 g/mol. The van der Waals surface area contributed by atoms with Gasteiger partial charge in [0.15, 0.2) is 0 Å². The number of carbonyl (C=O) groups excluding carboxylic acids is 1. The van der Waals surface area contributed by atoms with Crippen LogP contribution in [0.3, 0.4) is 0 Å². The minimum absolute atomic E-state index is 0.00128. The van der Waals surface area contributed by atoms with Gasteiger partial charge in [-0.25, -0.2) is 9.78 Å². The fourth-order valence-corrected chi connectivity index (χ4v) is 4.83. The maximum Gasteiger partial charge on any atom is 0.407 e. The van der Waals surface area contributed by atoms with Gasteiger partial charge in [0.1, 0.15) is 11.9 Å². The number of thiazole rings is 1. The predicted molar refractivity (Wildman–Crippen MR) is 122 cm³/mol. The Morgan fingerprint density at radius 2 is 2.10 bits per heavy atom. The molecule has 2 aromatic carbocycles. The van der Waals surface area contributed by atoms with Gasteiger partial charge < -0.3 is 19.8 Å². The van der Waals surface area contributed by atoms with Crippen molar-refractivity contribution in [3.63, 3.8) is 0 Å². The molecule has 0 bridgehead atoms. The van der Waals surface area contributed by atoms with Crippen LogP contribution in [0.25, 0.3) is 21.1 Å². The summed E-state index contributed by atoms with van der Waals surface area (Å²) < 4.78 is 12.5. The molecule has 0 saturated carbocycles. The standard InChI is InChI=1S/C23H24N4O3S/c1-24-22(28)29-16-8-10-27(11-9-16)14-15-13-25-20-12-17(6-7-18(15)20)30-23-26-19-4-2-3-5-21(19)31-23/h2-7,12-13,16,25H,8-11,14H2,1H3,(H,24,28). The molecule has 0 spiro atoms. The molecule has 1 saturated heterocycles. The van der Waals surface area contributed by atoms with E-state index in [-0.39, 0.29) is 12.2 Å². The fourth-order valence-electron chi connectivity index (χ4n) is 3.99. The third-order valence-corrected chi connectivity index (χ3v) is 6.54. The first-order valence-corrected chi connectivity index (χ1v) is 11.2. The van der Waals surface area contributed by atoms with Gasteiger partial charge in [0.2, 0.25) is 0 Å². The number of likely N-dealkylation sites (tertiary alicyclic amines) is 1. The summed E-state index contributed by atoms with van der Waals surface area (Å²) in [4.78, 5) is 21.7. The lowest BCUT2D eigenvalue weighted by Crippen LogP contribution is -2.38. The maximum atomic E-state index is 11.4. The van der Waals surface area contributed by atoms with Crippen LogP contribution in [-0.2, 0) is 11.3 Å². The molecule has 5 rings (SSSR count). The number of para-hydroxylation sites is 1. The number of carbonyl (C=O) groups is 1. The largest absolute Gasteiger partial charge is 0.446 e. The molecule has 3 heterocycles. The van der Waals surface area contributed by atoms with Crippen LogP contribution in [0.15, 0.2) is 48.7 Å². The van der Waals surface area contributed by atoms with E-state index in [1.54, 1.807) is 18.4 Å². The number of hydrogen-bond acceptors (Lipinski definition) is 6. The molecule has 7 nitrogen and oxygen atoms in total. The number of aromatic nitrogens is 2. The molecule has 0 aliphatic carbocycles. The van der Waals surface area contributed by atoms with Crippen LogP contribution in [0.5, 0.6) is 10.9 Å². The maximum absolute atomic E-state index is 11.4. The first-order valence-electron chi connectivity index (χ1n) is 10.4. The fraction of sp³-hybridized carbons (Fsp3) is 0.304. The number of amides is 1. The van der Waals surface area contributed by atoms with Crippen molar-refractivity contribution < 1.29 is 14.3 Å². The summed E-state index contributed by atoms with van der Waals surface area (Å²) in [6.07, 6.45) is 3.44. The lowest BCUT2D eigenvalue weighted by molar-refractivity contribution is 0.0499. The molecule has 1 aliphatic heterocycles. The topological polar surface area (TPSA) is 79.5 Å². The molecule has 2 N–H and O–H groups in total. The Bertz CT molecular complexity index is 1180. The zero-order valence-electron chi connectivity index (χ0n) is 17.3. The van der Waals surface area contributed by atoms with Crippen molar-refractivity contribution in [2.45, 2.75) is 25.5 Å². The first-order chi connectivity index (χ1) is 15.2. The van der Waals surface area contributed by atoms with E-state index in [1.165, 1.54) is 10.9 Å². The molecule has 2 aromatic heterocycles. The molecule has 8 heteroatoms. The van der Waals surface area contributed by atoms with Gasteiger partial charge in [-0.05, 0) is 42.7 Å². The third kappa shape index (κ3) is 4.35. The molecule has 4 aromatic rings. The van der Waals surface area contributed by atoms with E-state index in [9.17, 15) is 4.79 Å². The van der Waals surface area contributed by atoms with Gasteiger partial charge in [0, 0.05) is 49.8 Å². The lowest BCUT2D eigenvalue weighted by Gasteiger charge is -2.31. The van der Waals surface area contributed by atoms with Crippen LogP contribution in [0.4, 0.5) is 4.79 Å². The van der Waals surface area contributed by atoms with Gasteiger partial charge in [-0.3, -0.25) is 4.90 Å². The summed E-state index contributed by atoms with van der Waals surface area (Å²) in [7, 11) is 1.59. The van der Waals surface area contributed by atoms with Crippen LogP contribution in [0, 0.1) is 0 Å². The minimum Gasteiger partial charge on any atom is -0.446 e. The summed E-state index contributed by atoms with van der Waals surface area (Å²) in [5.74, 6) is 0.770. The molecule has 0 atom stereocenters. The van der Waals surface area contributed by atoms with E-state index < -0.39 is 0 Å². The summed E-state index contributed by atoms with van der Waals surface area (Å²) in [5.41, 5.74) is 3.26. The Balaban J connectivity index is 1.24. The lowest BCUT2D eigenvalue weighted by atomic mass is 10.1. The Labute approximate surface area is 184 Å². The second-order valence-electron chi connectivity index (χ2n) is 7.70. The summed E-state index contributed by atoms with van der Waals surface area (Å²) in [6, 6.07) is 14.2. The summed E-state index contributed by atoms with van der Waals surface area (Å²) >= 11 is 1.55. The van der Waals surface area contributed by atoms with E-state index in [2.05, 4.69) is 32.4 Å². The van der Waals surface area contributed by atoms with Crippen LogP contribution < -0.4 is 10.1 Å². The van der Waals surface area contributed by atoms with Gasteiger partial charge in [0.25, 0.3) is 5.19 Å². The summed E-state index contributed by atoms with van der Waals surface area (Å²) in [5, 5.41) is 4.36. The molecule has 1 fully saturated rings. The van der Waals surface area contributed by atoms with Gasteiger partial charge in [-0.15, -0.1) is 0 Å². The van der Waals surface area contributed by atoms with Gasteiger partial charge in [-0.1, -0.05) is 23.5 Å². The number of benzene rings is 2. The second kappa shape index (κ2) is 8.56. The van der Waals surface area contributed by atoms with Crippen LogP contribution in [0.2, 0.25) is 0 Å². The van der Waals surface area contributed by atoms with E-state index in [1.807, 2.05) is 36.4 Å². The van der Waals surface area contributed by atoms with Crippen molar-refractivity contribution in [1.29, 1.82) is 0 Å². The number of piperidine rings is 1. The highest BCUT2D eigenvalue weighted by Crippen LogP contribution is 2.33. The van der Waals surface area contributed by atoms with Crippen molar-refractivity contribution in [1.82, 2.24) is 20.2 Å². The number of fused-ring (bicyclic) bond motifs is 2. The van der Waals surface area contributed by atoms with Gasteiger partial charge in [0.05, 0.1) is 10.2 Å². The van der Waals surface area contributed by atoms with E-state index in [0.717, 1.165) is 54.0 Å². The smallest absolute Gasteiger partial charge is 0.407 e. The van der Waals surface area contributed by atoms with Crippen LogP contribution in [0.1, 0.15) is 18.4 Å². The molecule has 160 valence electrons. The number of ether oxygens (including phenoxy) is 2. The first kappa shape index (κ1) is 19.8. The predicted octanol–water partition coefficient (Wildman–Crippen LogP) is 4.89. The van der Waals surface area contributed by atoms with Crippen molar-refractivity contribution in [3.05, 3.63) is 54.2 Å². The zero-order valence-corrected chi connectivity index (χ0v) is 18.1. The van der Waals surface area contributed by atoms with Gasteiger partial charge in [-0.2, -0.15) is 0 Å². The third-order valence-electron chi connectivity index (χ3n) is 5.62. The molecule has 31 heavy (non-hydrogen) atoms. The Morgan fingerprint density at radius 1 is 1.26 bits per heavy atom. The van der Waals surface area contributed by atoms with Crippen LogP contribution in [-0.4, -0.2) is 47.2 Å². The number of nitrogens with zero attached hydrogens (tertiary/aromatic N) is 2. The zero-order chi connectivity index (χ0) is 21.2. The van der Waals surface area contributed by atoms with Crippen molar-refractivity contribution in [2.24, 2.45) is 0 Å². The highest BCUT2D eigenvalue weighted by molar-refractivity contribution is 7.20.